The van der Waals surface area contributed by atoms with E-state index in [1.807, 2.05) is 0 Å². The van der Waals surface area contributed by atoms with Gasteiger partial charge in [0.15, 0.2) is 0 Å². The Hall–Kier alpha value is -1.44. The molecule has 0 saturated heterocycles. The monoisotopic (exact) mass is 141 g/mol. The molecule has 0 heterocycles. The molecule has 0 radical (unpaired) electrons. The van der Waals surface area contributed by atoms with Crippen molar-refractivity contribution in [1.29, 1.82) is 5.26 Å². The molecular formula is C5H7N3O2. The van der Waals surface area contributed by atoms with E-state index in [1.54, 1.807) is 6.07 Å². The second kappa shape index (κ2) is 5.69. The first kappa shape index (κ1) is 8.56. The van der Waals surface area contributed by atoms with Crippen molar-refractivity contribution < 1.29 is 4.79 Å². The highest BCUT2D eigenvalue weighted by Crippen LogP contribution is 1.74. The number of nitroso groups, excluding NO2 is 1. The number of nitrogens with one attached hydrogen (secondary N) is 1. The molecule has 0 aromatic carbocycles. The van der Waals surface area contributed by atoms with Gasteiger partial charge in [0.05, 0.1) is 12.6 Å². The van der Waals surface area contributed by atoms with Crippen LogP contribution >= 0.6 is 0 Å². The van der Waals surface area contributed by atoms with Crippen LogP contribution < -0.4 is 5.32 Å². The summed E-state index contributed by atoms with van der Waals surface area (Å²) in [5, 5.41) is 12.8. The third-order valence-electron chi connectivity index (χ3n) is 0.765. The van der Waals surface area contributed by atoms with Gasteiger partial charge in [-0.15, -0.1) is 0 Å². The third-order valence-corrected chi connectivity index (χ3v) is 0.765. The van der Waals surface area contributed by atoms with Crippen LogP contribution in [0.3, 0.4) is 0 Å². The molecule has 0 saturated carbocycles. The van der Waals surface area contributed by atoms with Gasteiger partial charge in [0.2, 0.25) is 5.91 Å². The molecule has 1 amide bonds. The number of rotatable bonds is 4. The predicted octanol–water partition coefficient (Wildman–Crippen LogP) is -0.217. The minimum absolute atomic E-state index is 0.0527. The Balaban J connectivity index is 3.23. The first-order chi connectivity index (χ1) is 4.81. The van der Waals surface area contributed by atoms with Crippen LogP contribution in [-0.4, -0.2) is 19.0 Å². The van der Waals surface area contributed by atoms with Gasteiger partial charge in [0.25, 0.3) is 0 Å². The second-order valence-electron chi connectivity index (χ2n) is 1.54. The van der Waals surface area contributed by atoms with Crippen LogP contribution in [0.5, 0.6) is 0 Å². The largest absolute Gasteiger partial charge is 0.353 e. The lowest BCUT2D eigenvalue weighted by molar-refractivity contribution is -0.120. The summed E-state index contributed by atoms with van der Waals surface area (Å²) in [5.41, 5.74) is 0. The van der Waals surface area contributed by atoms with Crippen molar-refractivity contribution in [3.05, 3.63) is 4.91 Å². The number of nitrogens with zero attached hydrogens (tertiary/aromatic N) is 2. The van der Waals surface area contributed by atoms with E-state index in [-0.39, 0.29) is 25.4 Å². The molecule has 0 aromatic heterocycles. The van der Waals surface area contributed by atoms with E-state index in [0.717, 1.165) is 0 Å². The number of hydrogen-bond acceptors (Lipinski definition) is 4. The van der Waals surface area contributed by atoms with Crippen LogP contribution in [-0.2, 0) is 4.79 Å². The lowest BCUT2D eigenvalue weighted by Crippen LogP contribution is -2.25. The Kier molecular flexibility index (Phi) is 4.87. The Bertz CT molecular complexity index is 161. The van der Waals surface area contributed by atoms with Gasteiger partial charge < -0.3 is 5.32 Å². The van der Waals surface area contributed by atoms with Crippen LogP contribution in [0.25, 0.3) is 0 Å². The SMILES string of the molecule is N#CCC(=O)NCCN=O. The van der Waals surface area contributed by atoms with Gasteiger partial charge in [-0.25, -0.2) is 0 Å². The first-order valence-corrected chi connectivity index (χ1v) is 2.74. The van der Waals surface area contributed by atoms with Crippen molar-refractivity contribution in [2.24, 2.45) is 5.18 Å². The second-order valence-corrected chi connectivity index (χ2v) is 1.54. The molecule has 0 aliphatic rings. The minimum atomic E-state index is -0.369. The molecule has 0 aliphatic heterocycles. The zero-order chi connectivity index (χ0) is 7.82. The van der Waals surface area contributed by atoms with Gasteiger partial charge in [-0.1, -0.05) is 5.18 Å². The molecular weight excluding hydrogens is 134 g/mol. The molecule has 0 unspecified atom stereocenters. The Labute approximate surface area is 58.0 Å². The summed E-state index contributed by atoms with van der Waals surface area (Å²) >= 11 is 0. The molecule has 0 bridgehead atoms. The smallest absolute Gasteiger partial charge is 0.234 e. The molecule has 0 fully saturated rings. The van der Waals surface area contributed by atoms with E-state index >= 15 is 0 Å². The number of hydrogen-bond donors (Lipinski definition) is 1. The van der Waals surface area contributed by atoms with E-state index in [0.29, 0.717) is 0 Å². The normalized spacial score (nSPS) is 7.90. The summed E-state index contributed by atoms with van der Waals surface area (Å²) in [6, 6.07) is 1.67. The highest BCUT2D eigenvalue weighted by molar-refractivity contribution is 5.77. The molecule has 0 aliphatic carbocycles. The lowest BCUT2D eigenvalue weighted by Gasteiger charge is -1.95. The molecule has 54 valence electrons. The Morgan fingerprint density at radius 3 is 2.90 bits per heavy atom. The average molecular weight is 141 g/mol. The van der Waals surface area contributed by atoms with Crippen LogP contribution in [0.4, 0.5) is 0 Å². The summed E-state index contributed by atoms with van der Waals surface area (Å²) in [7, 11) is 0. The molecule has 0 rings (SSSR count). The van der Waals surface area contributed by atoms with E-state index in [4.69, 9.17) is 5.26 Å². The molecule has 0 aromatic rings. The molecule has 1 N–H and O–H groups in total. The van der Waals surface area contributed by atoms with E-state index in [2.05, 4.69) is 10.5 Å². The summed E-state index contributed by atoms with van der Waals surface area (Å²) in [5.74, 6) is -0.369. The van der Waals surface area contributed by atoms with Crippen molar-refractivity contribution >= 4 is 5.91 Å². The molecule has 5 nitrogen and oxygen atoms in total. The van der Waals surface area contributed by atoms with Gasteiger partial charge in [-0.05, 0) is 0 Å². The van der Waals surface area contributed by atoms with Crippen molar-refractivity contribution in [2.45, 2.75) is 6.42 Å². The summed E-state index contributed by atoms with van der Waals surface area (Å²) in [4.78, 5) is 19.9. The molecule has 5 heteroatoms. The summed E-state index contributed by atoms with van der Waals surface area (Å²) in [6.07, 6.45) is -0.168. The maximum absolute atomic E-state index is 10.4. The predicted molar refractivity (Wildman–Crippen MR) is 33.9 cm³/mol. The lowest BCUT2D eigenvalue weighted by atomic mass is 10.4. The maximum atomic E-state index is 10.4. The fraction of sp³-hybridized carbons (Fsp3) is 0.600. The van der Waals surface area contributed by atoms with Gasteiger partial charge in [0, 0.05) is 6.54 Å². The maximum Gasteiger partial charge on any atom is 0.234 e. The van der Waals surface area contributed by atoms with Gasteiger partial charge >= 0.3 is 0 Å². The third kappa shape index (κ3) is 4.71. The zero-order valence-corrected chi connectivity index (χ0v) is 5.33. The number of nitriles is 1. The number of amides is 1. The summed E-state index contributed by atoms with van der Waals surface area (Å²) < 4.78 is 0. The summed E-state index contributed by atoms with van der Waals surface area (Å²) in [6.45, 7) is 0.265. The van der Waals surface area contributed by atoms with E-state index in [1.165, 1.54) is 0 Å². The highest BCUT2D eigenvalue weighted by Gasteiger charge is 1.96. The molecule has 10 heavy (non-hydrogen) atoms. The van der Waals surface area contributed by atoms with Crippen molar-refractivity contribution in [3.63, 3.8) is 0 Å². The first-order valence-electron chi connectivity index (χ1n) is 2.74. The quantitative estimate of drug-likeness (QED) is 0.434. The van der Waals surface area contributed by atoms with Gasteiger partial charge in [-0.2, -0.15) is 10.2 Å². The number of carbonyl (C=O) groups excluding carboxylic acids is 1. The topological polar surface area (TPSA) is 82.3 Å². The van der Waals surface area contributed by atoms with Crippen molar-refractivity contribution in [2.75, 3.05) is 13.1 Å². The van der Waals surface area contributed by atoms with Crippen LogP contribution in [0.15, 0.2) is 5.18 Å². The molecule has 0 spiro atoms. The standard InChI is InChI=1S/C5H7N3O2/c6-2-1-5(9)7-3-4-8-10/h1,3-4H2,(H,7,9). The van der Waals surface area contributed by atoms with Crippen molar-refractivity contribution in [3.8, 4) is 6.07 Å². The molecule has 0 atom stereocenters. The fourth-order valence-electron chi connectivity index (χ4n) is 0.375. The minimum Gasteiger partial charge on any atom is -0.353 e. The van der Waals surface area contributed by atoms with Crippen LogP contribution in [0.2, 0.25) is 0 Å². The number of carbonyl (C=O) groups is 1. The Morgan fingerprint density at radius 2 is 2.40 bits per heavy atom. The average Bonchev–Trinajstić information content (AvgIpc) is 1.89. The van der Waals surface area contributed by atoms with Gasteiger partial charge in [-0.3, -0.25) is 4.79 Å². The highest BCUT2D eigenvalue weighted by atomic mass is 16.3. The van der Waals surface area contributed by atoms with E-state index < -0.39 is 0 Å². The zero-order valence-electron chi connectivity index (χ0n) is 5.33. The van der Waals surface area contributed by atoms with Crippen LogP contribution in [0.1, 0.15) is 6.42 Å². The van der Waals surface area contributed by atoms with Gasteiger partial charge in [0.1, 0.15) is 6.42 Å². The van der Waals surface area contributed by atoms with Crippen molar-refractivity contribution in [1.82, 2.24) is 5.32 Å². The van der Waals surface area contributed by atoms with Crippen LogP contribution in [0, 0.1) is 16.2 Å². The fourth-order valence-corrected chi connectivity index (χ4v) is 0.375. The Morgan fingerprint density at radius 1 is 1.70 bits per heavy atom. The van der Waals surface area contributed by atoms with E-state index in [9.17, 15) is 9.70 Å².